The van der Waals surface area contributed by atoms with Gasteiger partial charge >= 0.3 is 5.43 Å². The van der Waals surface area contributed by atoms with Crippen molar-refractivity contribution in [3.63, 3.8) is 0 Å². The third-order valence-electron chi connectivity index (χ3n) is 0.898. The summed E-state index contributed by atoms with van der Waals surface area (Å²) in [6.45, 7) is 0. The van der Waals surface area contributed by atoms with Crippen LogP contribution in [0.25, 0.3) is 0 Å². The lowest BCUT2D eigenvalue weighted by atomic mass is 10.5. The van der Waals surface area contributed by atoms with Crippen molar-refractivity contribution in [2.75, 3.05) is 0 Å². The van der Waals surface area contributed by atoms with Crippen molar-refractivity contribution in [1.82, 2.24) is 4.98 Å². The van der Waals surface area contributed by atoms with Crippen LogP contribution >= 0.6 is 23.2 Å². The Morgan fingerprint density at radius 3 is 2.73 bits per heavy atom. The normalized spacial score (nSPS) is 9.27. The van der Waals surface area contributed by atoms with Crippen molar-refractivity contribution in [1.29, 1.82) is 0 Å². The number of carbonyl (C=O) groups excluding carboxylic acids is 1. The Bertz CT molecular complexity index is 260. The Balaban J connectivity index is 2.74. The molecule has 0 aliphatic rings. The molecule has 0 spiro atoms. The standard InChI is InChI=1S/C6H3Cl2NO2/c7-5-2-1-4(3-9-5)11-6(8)10/h1-3H. The van der Waals surface area contributed by atoms with Crippen LogP contribution in [0, 0.1) is 0 Å². The number of pyridine rings is 1. The predicted molar refractivity (Wildman–Crippen MR) is 41.1 cm³/mol. The lowest BCUT2D eigenvalue weighted by Crippen LogP contribution is -1.95. The molecule has 1 aromatic rings. The maximum atomic E-state index is 10.2. The number of carbonyl (C=O) groups is 1. The quantitative estimate of drug-likeness (QED) is 0.506. The van der Waals surface area contributed by atoms with Crippen LogP contribution in [-0.4, -0.2) is 10.4 Å². The van der Waals surface area contributed by atoms with Gasteiger partial charge in [-0.05, 0) is 12.1 Å². The molecule has 0 aliphatic heterocycles. The molecule has 0 radical (unpaired) electrons. The Hall–Kier alpha value is -0.800. The minimum Gasteiger partial charge on any atom is -0.413 e. The molecule has 11 heavy (non-hydrogen) atoms. The molecule has 0 aliphatic carbocycles. The molecule has 1 rings (SSSR count). The van der Waals surface area contributed by atoms with E-state index in [1.807, 2.05) is 0 Å². The van der Waals surface area contributed by atoms with E-state index >= 15 is 0 Å². The molecule has 0 saturated heterocycles. The average Bonchev–Trinajstić information content (AvgIpc) is 1.93. The second-order valence-corrected chi connectivity index (χ2v) is 2.35. The Labute approximate surface area is 72.9 Å². The summed E-state index contributed by atoms with van der Waals surface area (Å²) in [6.07, 6.45) is 1.31. The van der Waals surface area contributed by atoms with Gasteiger partial charge in [0, 0.05) is 11.6 Å². The van der Waals surface area contributed by atoms with E-state index in [-0.39, 0.29) is 5.75 Å². The zero-order valence-corrected chi connectivity index (χ0v) is 6.76. The van der Waals surface area contributed by atoms with E-state index in [0.29, 0.717) is 5.15 Å². The summed E-state index contributed by atoms with van der Waals surface area (Å²) in [5, 5.41) is 0.333. The fraction of sp³-hybridized carbons (Fsp3) is 0. The lowest BCUT2D eigenvalue weighted by molar-refractivity contribution is 0.225. The Morgan fingerprint density at radius 1 is 1.55 bits per heavy atom. The minimum atomic E-state index is -0.894. The highest BCUT2D eigenvalue weighted by atomic mass is 35.5. The monoisotopic (exact) mass is 191 g/mol. The Morgan fingerprint density at radius 2 is 2.27 bits per heavy atom. The van der Waals surface area contributed by atoms with E-state index in [1.165, 1.54) is 18.3 Å². The van der Waals surface area contributed by atoms with Gasteiger partial charge in [0.05, 0.1) is 6.20 Å². The summed E-state index contributed by atoms with van der Waals surface area (Å²) in [7, 11) is 0. The molecule has 0 aromatic carbocycles. The summed E-state index contributed by atoms with van der Waals surface area (Å²) < 4.78 is 4.47. The fourth-order valence-electron chi connectivity index (χ4n) is 0.515. The molecule has 1 aromatic heterocycles. The highest BCUT2D eigenvalue weighted by Gasteiger charge is 1.98. The minimum absolute atomic E-state index is 0.273. The van der Waals surface area contributed by atoms with Gasteiger partial charge in [-0.25, -0.2) is 9.78 Å². The van der Waals surface area contributed by atoms with Crippen LogP contribution in [0.3, 0.4) is 0 Å². The summed E-state index contributed by atoms with van der Waals surface area (Å²) in [6, 6.07) is 2.99. The first-order chi connectivity index (χ1) is 5.18. The molecule has 0 unspecified atom stereocenters. The van der Waals surface area contributed by atoms with Gasteiger partial charge in [0.2, 0.25) is 0 Å². The van der Waals surface area contributed by atoms with E-state index in [4.69, 9.17) is 23.2 Å². The smallest absolute Gasteiger partial charge is 0.409 e. The van der Waals surface area contributed by atoms with E-state index in [0.717, 1.165) is 0 Å². The number of rotatable bonds is 1. The van der Waals surface area contributed by atoms with Gasteiger partial charge in [0.1, 0.15) is 5.15 Å². The number of nitrogens with zero attached hydrogens (tertiary/aromatic N) is 1. The first-order valence-electron chi connectivity index (χ1n) is 2.67. The molecule has 5 heteroatoms. The second-order valence-electron chi connectivity index (χ2n) is 1.66. The van der Waals surface area contributed by atoms with E-state index in [9.17, 15) is 4.79 Å². The van der Waals surface area contributed by atoms with Crippen molar-refractivity contribution in [2.45, 2.75) is 0 Å². The van der Waals surface area contributed by atoms with Gasteiger partial charge in [-0.3, -0.25) is 0 Å². The largest absolute Gasteiger partial charge is 0.413 e. The summed E-state index contributed by atoms with van der Waals surface area (Å²) in [4.78, 5) is 13.8. The van der Waals surface area contributed by atoms with Crippen LogP contribution in [0.1, 0.15) is 0 Å². The van der Waals surface area contributed by atoms with Gasteiger partial charge in [-0.1, -0.05) is 11.6 Å². The maximum absolute atomic E-state index is 10.2. The van der Waals surface area contributed by atoms with Crippen LogP contribution in [-0.2, 0) is 0 Å². The third-order valence-corrected chi connectivity index (χ3v) is 1.20. The number of halogens is 2. The van der Waals surface area contributed by atoms with Gasteiger partial charge in [-0.15, -0.1) is 0 Å². The molecule has 0 saturated carbocycles. The molecule has 1 heterocycles. The maximum Gasteiger partial charge on any atom is 0.409 e. The van der Waals surface area contributed by atoms with Crippen LogP contribution in [0.5, 0.6) is 5.75 Å². The predicted octanol–water partition coefficient (Wildman–Crippen LogP) is 2.47. The number of hydrogen-bond donors (Lipinski definition) is 0. The van der Waals surface area contributed by atoms with Crippen molar-refractivity contribution in [3.05, 3.63) is 23.5 Å². The SMILES string of the molecule is O=C(Cl)Oc1ccc(Cl)nc1. The zero-order chi connectivity index (χ0) is 8.27. The molecule has 0 fully saturated rings. The van der Waals surface area contributed by atoms with Crippen molar-refractivity contribution >= 4 is 28.6 Å². The highest BCUT2D eigenvalue weighted by Crippen LogP contribution is 2.12. The molecule has 58 valence electrons. The molecule has 0 bridgehead atoms. The fourth-order valence-corrected chi connectivity index (χ4v) is 0.716. The molecular weight excluding hydrogens is 189 g/mol. The van der Waals surface area contributed by atoms with Crippen LogP contribution < -0.4 is 4.74 Å². The van der Waals surface area contributed by atoms with Crippen molar-refractivity contribution in [3.8, 4) is 5.75 Å². The lowest BCUT2D eigenvalue weighted by Gasteiger charge is -1.96. The third kappa shape index (κ3) is 2.74. The summed E-state index contributed by atoms with van der Waals surface area (Å²) in [5.74, 6) is 0.273. The highest BCUT2D eigenvalue weighted by molar-refractivity contribution is 6.61. The molecular formula is C6H3Cl2NO2. The number of aromatic nitrogens is 1. The van der Waals surface area contributed by atoms with Gasteiger partial charge in [-0.2, -0.15) is 0 Å². The van der Waals surface area contributed by atoms with Crippen molar-refractivity contribution in [2.24, 2.45) is 0 Å². The van der Waals surface area contributed by atoms with E-state index in [1.54, 1.807) is 0 Å². The average molecular weight is 192 g/mol. The van der Waals surface area contributed by atoms with Crippen LogP contribution in [0.2, 0.25) is 5.15 Å². The van der Waals surface area contributed by atoms with E-state index < -0.39 is 5.43 Å². The van der Waals surface area contributed by atoms with Crippen molar-refractivity contribution < 1.29 is 9.53 Å². The Kier molecular flexibility index (Phi) is 2.68. The molecule has 3 nitrogen and oxygen atoms in total. The number of ether oxygens (including phenoxy) is 1. The summed E-state index contributed by atoms with van der Waals surface area (Å²) >= 11 is 10.4. The topological polar surface area (TPSA) is 39.2 Å². The number of hydrogen-bond acceptors (Lipinski definition) is 3. The van der Waals surface area contributed by atoms with Gasteiger partial charge in [0.25, 0.3) is 0 Å². The van der Waals surface area contributed by atoms with Crippen LogP contribution in [0.4, 0.5) is 4.79 Å². The molecule has 0 amide bonds. The molecule has 0 N–H and O–H groups in total. The van der Waals surface area contributed by atoms with Gasteiger partial charge in [0.15, 0.2) is 5.75 Å². The first kappa shape index (κ1) is 8.30. The van der Waals surface area contributed by atoms with E-state index in [2.05, 4.69) is 9.72 Å². The summed E-state index contributed by atoms with van der Waals surface area (Å²) in [5.41, 5.74) is -0.894. The first-order valence-corrected chi connectivity index (χ1v) is 3.43. The zero-order valence-electron chi connectivity index (χ0n) is 5.25. The van der Waals surface area contributed by atoms with Crippen LogP contribution in [0.15, 0.2) is 18.3 Å². The van der Waals surface area contributed by atoms with Gasteiger partial charge < -0.3 is 4.74 Å². The molecule has 0 atom stereocenters. The second kappa shape index (κ2) is 3.55.